The summed E-state index contributed by atoms with van der Waals surface area (Å²) in [6, 6.07) is 14.0. The van der Waals surface area contributed by atoms with Crippen molar-refractivity contribution in [2.24, 2.45) is 0 Å². The Balaban J connectivity index is 1.31. The molecule has 1 N–H and O–H groups in total. The summed E-state index contributed by atoms with van der Waals surface area (Å²) in [7, 11) is 0. The molecule has 0 radical (unpaired) electrons. The molecular formula is C22H26N4S. The van der Waals surface area contributed by atoms with Crippen LogP contribution in [0.1, 0.15) is 25.3 Å². The minimum absolute atomic E-state index is 0.471. The molecular weight excluding hydrogens is 352 g/mol. The first kappa shape index (κ1) is 18.1. The molecule has 0 bridgehead atoms. The maximum atomic E-state index is 4.44. The van der Waals surface area contributed by atoms with Gasteiger partial charge in [0.15, 0.2) is 0 Å². The minimum atomic E-state index is 0.471. The van der Waals surface area contributed by atoms with Crippen molar-refractivity contribution >= 4 is 17.0 Å². The smallest absolute Gasteiger partial charge is 0.0811 e. The van der Waals surface area contributed by atoms with Gasteiger partial charge in [0.1, 0.15) is 0 Å². The number of aromatic nitrogens is 2. The van der Waals surface area contributed by atoms with Crippen LogP contribution >= 0.6 is 11.3 Å². The van der Waals surface area contributed by atoms with Gasteiger partial charge < -0.3 is 10.2 Å². The van der Waals surface area contributed by atoms with Gasteiger partial charge in [0.25, 0.3) is 0 Å². The number of pyridine rings is 1. The van der Waals surface area contributed by atoms with E-state index < -0.39 is 0 Å². The minimum Gasteiger partial charge on any atom is -0.371 e. The number of rotatable bonds is 6. The molecule has 0 amide bonds. The molecule has 3 aromatic rings. The lowest BCUT2D eigenvalue weighted by molar-refractivity contribution is 0.375. The molecule has 2 aromatic heterocycles. The maximum absolute atomic E-state index is 4.44. The summed E-state index contributed by atoms with van der Waals surface area (Å²) >= 11 is 1.65. The Morgan fingerprint density at radius 1 is 1.22 bits per heavy atom. The third-order valence-corrected chi connectivity index (χ3v) is 5.81. The lowest BCUT2D eigenvalue weighted by Crippen LogP contribution is -2.46. The fraction of sp³-hybridized carbons (Fsp3) is 0.364. The first-order chi connectivity index (χ1) is 13.3. The number of nitrogens with zero attached hydrogens (tertiary/aromatic N) is 3. The summed E-state index contributed by atoms with van der Waals surface area (Å²) in [4.78, 5) is 11.2. The van der Waals surface area contributed by atoms with E-state index >= 15 is 0 Å². The highest BCUT2D eigenvalue weighted by molar-refractivity contribution is 7.07. The van der Waals surface area contributed by atoms with Crippen LogP contribution in [0, 0.1) is 0 Å². The van der Waals surface area contributed by atoms with E-state index in [0.29, 0.717) is 12.1 Å². The van der Waals surface area contributed by atoms with Crippen molar-refractivity contribution in [1.29, 1.82) is 0 Å². The van der Waals surface area contributed by atoms with E-state index in [1.165, 1.54) is 29.7 Å². The van der Waals surface area contributed by atoms with Gasteiger partial charge in [0, 0.05) is 54.2 Å². The second-order valence-corrected chi connectivity index (χ2v) is 8.04. The Morgan fingerprint density at radius 3 is 2.85 bits per heavy atom. The number of hydrogen-bond acceptors (Lipinski definition) is 5. The summed E-state index contributed by atoms with van der Waals surface area (Å²) < 4.78 is 0. The highest BCUT2D eigenvalue weighted by Crippen LogP contribution is 2.26. The van der Waals surface area contributed by atoms with Gasteiger partial charge in [0.2, 0.25) is 0 Å². The zero-order valence-corrected chi connectivity index (χ0v) is 16.5. The fourth-order valence-corrected chi connectivity index (χ4v) is 4.42. The Bertz CT molecular complexity index is 827. The zero-order chi connectivity index (χ0) is 18.5. The van der Waals surface area contributed by atoms with E-state index in [-0.39, 0.29) is 0 Å². The van der Waals surface area contributed by atoms with Crippen molar-refractivity contribution in [2.75, 3.05) is 18.0 Å². The Morgan fingerprint density at radius 2 is 2.11 bits per heavy atom. The van der Waals surface area contributed by atoms with Crippen LogP contribution < -0.4 is 10.2 Å². The summed E-state index contributed by atoms with van der Waals surface area (Å²) in [5.74, 6) is 0. The molecule has 1 aromatic carbocycles. The van der Waals surface area contributed by atoms with E-state index in [2.05, 4.69) is 62.8 Å². The Hall–Kier alpha value is -2.24. The van der Waals surface area contributed by atoms with Crippen LogP contribution in [0.3, 0.4) is 0 Å². The van der Waals surface area contributed by atoms with Crippen molar-refractivity contribution in [3.05, 3.63) is 65.2 Å². The third-order valence-electron chi connectivity index (χ3n) is 5.22. The van der Waals surface area contributed by atoms with Crippen LogP contribution in [-0.2, 0) is 6.42 Å². The Kier molecular flexibility index (Phi) is 5.80. The van der Waals surface area contributed by atoms with Crippen LogP contribution in [0.15, 0.2) is 59.7 Å². The van der Waals surface area contributed by atoms with Gasteiger partial charge in [0.05, 0.1) is 11.2 Å². The second kappa shape index (κ2) is 8.63. The lowest BCUT2D eigenvalue weighted by atomic mass is 10.0. The molecule has 0 aliphatic carbocycles. The van der Waals surface area contributed by atoms with Crippen LogP contribution in [0.2, 0.25) is 0 Å². The fourth-order valence-electron chi connectivity index (χ4n) is 3.86. The number of nitrogens with one attached hydrogen (secondary N) is 1. The van der Waals surface area contributed by atoms with Crippen LogP contribution in [0.25, 0.3) is 11.3 Å². The predicted octanol–water partition coefficient (Wildman–Crippen LogP) is 4.39. The average Bonchev–Trinajstić information content (AvgIpc) is 3.24. The van der Waals surface area contributed by atoms with Gasteiger partial charge in [-0.2, -0.15) is 0 Å². The molecule has 0 unspecified atom stereocenters. The molecule has 1 atom stereocenters. The monoisotopic (exact) mass is 378 g/mol. The van der Waals surface area contributed by atoms with Crippen molar-refractivity contribution < 1.29 is 0 Å². The molecule has 5 heteroatoms. The van der Waals surface area contributed by atoms with E-state index in [1.54, 1.807) is 11.3 Å². The predicted molar refractivity (Wildman–Crippen MR) is 113 cm³/mol. The number of benzene rings is 1. The number of hydrogen-bond donors (Lipinski definition) is 1. The van der Waals surface area contributed by atoms with Crippen molar-refractivity contribution in [2.45, 2.75) is 38.3 Å². The van der Waals surface area contributed by atoms with E-state index in [1.807, 2.05) is 24.0 Å². The van der Waals surface area contributed by atoms with E-state index in [0.717, 1.165) is 25.2 Å². The van der Waals surface area contributed by atoms with Crippen LogP contribution in [0.4, 0.5) is 5.69 Å². The lowest BCUT2D eigenvalue weighted by Gasteiger charge is -2.35. The molecule has 0 spiro atoms. The molecule has 0 saturated carbocycles. The molecule has 1 aliphatic rings. The van der Waals surface area contributed by atoms with E-state index in [9.17, 15) is 0 Å². The van der Waals surface area contributed by atoms with Gasteiger partial charge in [-0.1, -0.05) is 18.2 Å². The van der Waals surface area contributed by atoms with Gasteiger partial charge in [-0.15, -0.1) is 11.3 Å². The molecule has 140 valence electrons. The number of piperidine rings is 1. The van der Waals surface area contributed by atoms with Crippen molar-refractivity contribution in [3.63, 3.8) is 0 Å². The molecule has 27 heavy (non-hydrogen) atoms. The topological polar surface area (TPSA) is 41.1 Å². The highest BCUT2D eigenvalue weighted by atomic mass is 32.1. The average molecular weight is 379 g/mol. The summed E-state index contributed by atoms with van der Waals surface area (Å²) in [6.45, 7) is 4.46. The maximum Gasteiger partial charge on any atom is 0.0811 e. The summed E-state index contributed by atoms with van der Waals surface area (Å²) in [6.07, 6.45) is 7.19. The molecule has 1 fully saturated rings. The largest absolute Gasteiger partial charge is 0.371 e. The molecule has 4 nitrogen and oxygen atoms in total. The van der Waals surface area contributed by atoms with Gasteiger partial charge in [-0.3, -0.25) is 4.98 Å². The summed E-state index contributed by atoms with van der Waals surface area (Å²) in [5.41, 5.74) is 6.78. The summed E-state index contributed by atoms with van der Waals surface area (Å²) in [5, 5.41) is 5.92. The van der Waals surface area contributed by atoms with Crippen molar-refractivity contribution in [1.82, 2.24) is 15.3 Å². The van der Waals surface area contributed by atoms with Gasteiger partial charge >= 0.3 is 0 Å². The van der Waals surface area contributed by atoms with E-state index in [4.69, 9.17) is 0 Å². The zero-order valence-electron chi connectivity index (χ0n) is 15.7. The Labute approximate surface area is 165 Å². The van der Waals surface area contributed by atoms with Gasteiger partial charge in [-0.05, 0) is 49.9 Å². The van der Waals surface area contributed by atoms with Gasteiger partial charge in [-0.25, -0.2) is 4.98 Å². The first-order valence-corrected chi connectivity index (χ1v) is 10.6. The second-order valence-electron chi connectivity index (χ2n) is 7.32. The van der Waals surface area contributed by atoms with Crippen LogP contribution in [0.5, 0.6) is 0 Å². The quantitative estimate of drug-likeness (QED) is 0.690. The molecule has 1 saturated heterocycles. The molecule has 4 rings (SSSR count). The molecule has 3 heterocycles. The molecule has 1 aliphatic heterocycles. The first-order valence-electron chi connectivity index (χ1n) is 9.66. The normalized spacial score (nSPS) is 16.4. The third kappa shape index (κ3) is 4.73. The standard InChI is InChI=1S/C22H26N4S/c1-17(12-18-4-3-9-23-14-18)25-20-7-10-26(11-8-20)21-6-2-5-19(13-21)22-15-27-16-24-22/h2-6,9,13-17,20,25H,7-8,10-12H2,1H3/t17-/m0/s1. The SMILES string of the molecule is C[C@@H](Cc1cccnc1)NC1CCN(c2cccc(-c3cscn3)c2)CC1. The highest BCUT2D eigenvalue weighted by Gasteiger charge is 2.21. The number of anilines is 1. The van der Waals surface area contributed by atoms with Crippen LogP contribution in [-0.4, -0.2) is 35.1 Å². The number of thiazole rings is 1. The van der Waals surface area contributed by atoms with Crippen molar-refractivity contribution in [3.8, 4) is 11.3 Å².